The molecule has 1 aromatic carbocycles. The normalized spacial score (nSPS) is 14.2. The number of nitrogens with zero attached hydrogens (tertiary/aromatic N) is 5. The molecule has 0 amide bonds. The Hall–Kier alpha value is -2.12. The van der Waals surface area contributed by atoms with Crippen LogP contribution in [0.2, 0.25) is 0 Å². The van der Waals surface area contributed by atoms with Crippen molar-refractivity contribution >= 4 is 11.5 Å². The summed E-state index contributed by atoms with van der Waals surface area (Å²) in [5, 5.41) is 12.6. The first kappa shape index (κ1) is 11.7. The Labute approximate surface area is 119 Å². The molecule has 1 aliphatic heterocycles. The van der Waals surface area contributed by atoms with Crippen molar-refractivity contribution in [3.8, 4) is 22.2 Å². The van der Waals surface area contributed by atoms with Gasteiger partial charge in [-0.05, 0) is 11.5 Å². The van der Waals surface area contributed by atoms with Gasteiger partial charge in [0.05, 0.1) is 6.54 Å². The van der Waals surface area contributed by atoms with Gasteiger partial charge in [0.15, 0.2) is 16.7 Å². The second kappa shape index (κ2) is 4.77. The second-order valence-corrected chi connectivity index (χ2v) is 5.31. The molecule has 2 aromatic heterocycles. The lowest BCUT2D eigenvalue weighted by atomic mass is 10.2. The van der Waals surface area contributed by atoms with Gasteiger partial charge in [0.25, 0.3) is 0 Å². The maximum atomic E-state index is 4.59. The molecule has 0 fully saturated rings. The number of nitrogens with one attached hydrogen (secondary N) is 1. The maximum absolute atomic E-state index is 4.59. The average Bonchev–Trinajstić information content (AvgIpc) is 3.14. The van der Waals surface area contributed by atoms with E-state index in [0.29, 0.717) is 0 Å². The van der Waals surface area contributed by atoms with Crippen LogP contribution in [0.4, 0.5) is 0 Å². The summed E-state index contributed by atoms with van der Waals surface area (Å²) < 4.78 is 6.54. The maximum Gasteiger partial charge on any atom is 0.194 e. The molecule has 3 heterocycles. The third-order valence-corrected chi connectivity index (χ3v) is 3.98. The standard InChI is InChI=1S/C13H12N6S/c1-2-4-9(5-3-1)11-15-13(20-18-11)12-17-16-10-8-14-6-7-19(10)12/h1-5,14H,6-8H2. The Morgan fingerprint density at radius 1 is 1.15 bits per heavy atom. The van der Waals surface area contributed by atoms with Gasteiger partial charge in [0.2, 0.25) is 0 Å². The van der Waals surface area contributed by atoms with Crippen LogP contribution < -0.4 is 5.32 Å². The summed E-state index contributed by atoms with van der Waals surface area (Å²) in [5.41, 5.74) is 1.02. The Morgan fingerprint density at radius 2 is 2.05 bits per heavy atom. The summed E-state index contributed by atoms with van der Waals surface area (Å²) >= 11 is 1.37. The predicted octanol–water partition coefficient (Wildman–Crippen LogP) is 1.57. The molecule has 3 aromatic rings. The summed E-state index contributed by atoms with van der Waals surface area (Å²) in [6.07, 6.45) is 0. The number of hydrogen-bond donors (Lipinski definition) is 1. The van der Waals surface area contributed by atoms with Crippen molar-refractivity contribution in [2.75, 3.05) is 6.54 Å². The summed E-state index contributed by atoms with van der Waals surface area (Å²) in [5.74, 6) is 2.53. The summed E-state index contributed by atoms with van der Waals surface area (Å²) in [6, 6.07) is 9.98. The highest BCUT2D eigenvalue weighted by Gasteiger charge is 2.19. The predicted molar refractivity (Wildman–Crippen MR) is 76.1 cm³/mol. The first-order valence-electron chi connectivity index (χ1n) is 6.44. The van der Waals surface area contributed by atoms with E-state index in [2.05, 4.69) is 29.4 Å². The first-order chi connectivity index (χ1) is 9.92. The molecule has 0 spiro atoms. The molecular formula is C13H12N6S. The number of rotatable bonds is 2. The highest BCUT2D eigenvalue weighted by molar-refractivity contribution is 7.09. The van der Waals surface area contributed by atoms with E-state index in [1.165, 1.54) is 11.5 Å². The minimum absolute atomic E-state index is 0.747. The molecule has 1 aliphatic rings. The number of benzene rings is 1. The van der Waals surface area contributed by atoms with Crippen LogP contribution in [0.25, 0.3) is 22.2 Å². The van der Waals surface area contributed by atoms with Crippen molar-refractivity contribution in [3.05, 3.63) is 36.2 Å². The molecule has 0 atom stereocenters. The van der Waals surface area contributed by atoms with E-state index in [0.717, 1.165) is 47.7 Å². The third kappa shape index (κ3) is 1.91. The molecule has 0 unspecified atom stereocenters. The SMILES string of the molecule is c1ccc(-c2nsc(-c3nnc4n3CCNC4)n2)cc1. The van der Waals surface area contributed by atoms with Gasteiger partial charge in [0.1, 0.15) is 5.82 Å². The molecule has 1 N–H and O–H groups in total. The van der Waals surface area contributed by atoms with E-state index < -0.39 is 0 Å². The van der Waals surface area contributed by atoms with Gasteiger partial charge < -0.3 is 9.88 Å². The quantitative estimate of drug-likeness (QED) is 0.773. The highest BCUT2D eigenvalue weighted by atomic mass is 32.1. The summed E-state index contributed by atoms with van der Waals surface area (Å²) in [4.78, 5) is 4.59. The minimum Gasteiger partial charge on any atom is -0.308 e. The lowest BCUT2D eigenvalue weighted by Crippen LogP contribution is -2.28. The van der Waals surface area contributed by atoms with Crippen molar-refractivity contribution in [2.45, 2.75) is 13.1 Å². The topological polar surface area (TPSA) is 68.5 Å². The van der Waals surface area contributed by atoms with Crippen LogP contribution in [0.1, 0.15) is 5.82 Å². The molecule has 100 valence electrons. The molecule has 20 heavy (non-hydrogen) atoms. The van der Waals surface area contributed by atoms with E-state index in [4.69, 9.17) is 0 Å². The fraction of sp³-hybridized carbons (Fsp3) is 0.231. The van der Waals surface area contributed by atoms with Crippen molar-refractivity contribution < 1.29 is 0 Å². The molecule has 0 saturated heterocycles. The fourth-order valence-electron chi connectivity index (χ4n) is 2.27. The molecule has 0 aliphatic carbocycles. The Kier molecular flexibility index (Phi) is 2.79. The second-order valence-electron chi connectivity index (χ2n) is 4.56. The largest absolute Gasteiger partial charge is 0.308 e. The highest BCUT2D eigenvalue weighted by Crippen LogP contribution is 2.25. The van der Waals surface area contributed by atoms with E-state index in [-0.39, 0.29) is 0 Å². The third-order valence-electron chi connectivity index (χ3n) is 3.27. The zero-order valence-corrected chi connectivity index (χ0v) is 11.5. The number of hydrogen-bond acceptors (Lipinski definition) is 6. The van der Waals surface area contributed by atoms with Crippen LogP contribution in [0.3, 0.4) is 0 Å². The van der Waals surface area contributed by atoms with Crippen molar-refractivity contribution in [3.63, 3.8) is 0 Å². The van der Waals surface area contributed by atoms with E-state index >= 15 is 0 Å². The van der Waals surface area contributed by atoms with Gasteiger partial charge in [0, 0.05) is 18.7 Å². The van der Waals surface area contributed by atoms with Crippen molar-refractivity contribution in [2.24, 2.45) is 0 Å². The number of fused-ring (bicyclic) bond motifs is 1. The molecule has 0 saturated carbocycles. The van der Waals surface area contributed by atoms with Crippen LogP contribution in [0.15, 0.2) is 30.3 Å². The molecule has 0 bridgehead atoms. The van der Waals surface area contributed by atoms with Crippen LogP contribution in [-0.2, 0) is 13.1 Å². The molecule has 6 nitrogen and oxygen atoms in total. The summed E-state index contributed by atoms with van der Waals surface area (Å²) in [6.45, 7) is 2.57. The van der Waals surface area contributed by atoms with E-state index in [1.807, 2.05) is 30.3 Å². The molecule has 0 radical (unpaired) electrons. The molecule has 7 heteroatoms. The van der Waals surface area contributed by atoms with Crippen molar-refractivity contribution in [1.29, 1.82) is 0 Å². The Balaban J connectivity index is 1.74. The van der Waals surface area contributed by atoms with Gasteiger partial charge in [-0.1, -0.05) is 30.3 Å². The van der Waals surface area contributed by atoms with Gasteiger partial charge in [-0.2, -0.15) is 4.37 Å². The zero-order valence-electron chi connectivity index (χ0n) is 10.7. The van der Waals surface area contributed by atoms with Gasteiger partial charge >= 0.3 is 0 Å². The van der Waals surface area contributed by atoms with E-state index in [9.17, 15) is 0 Å². The molecule has 4 rings (SSSR count). The van der Waals surface area contributed by atoms with Crippen LogP contribution in [-0.4, -0.2) is 30.7 Å². The zero-order chi connectivity index (χ0) is 13.4. The van der Waals surface area contributed by atoms with Gasteiger partial charge in [-0.3, -0.25) is 0 Å². The fourth-order valence-corrected chi connectivity index (χ4v) is 2.95. The Bertz CT molecular complexity index is 732. The van der Waals surface area contributed by atoms with Gasteiger partial charge in [-0.15, -0.1) is 10.2 Å². The molecular weight excluding hydrogens is 272 g/mol. The smallest absolute Gasteiger partial charge is 0.194 e. The van der Waals surface area contributed by atoms with E-state index in [1.54, 1.807) is 0 Å². The van der Waals surface area contributed by atoms with Crippen LogP contribution in [0, 0.1) is 0 Å². The summed E-state index contributed by atoms with van der Waals surface area (Å²) in [7, 11) is 0. The van der Waals surface area contributed by atoms with Crippen LogP contribution in [0.5, 0.6) is 0 Å². The Morgan fingerprint density at radius 3 is 2.95 bits per heavy atom. The lowest BCUT2D eigenvalue weighted by molar-refractivity contribution is 0.508. The first-order valence-corrected chi connectivity index (χ1v) is 7.21. The van der Waals surface area contributed by atoms with Crippen molar-refractivity contribution in [1.82, 2.24) is 29.4 Å². The van der Waals surface area contributed by atoms with Gasteiger partial charge in [-0.25, -0.2) is 4.98 Å². The number of aromatic nitrogens is 5. The van der Waals surface area contributed by atoms with Crippen LogP contribution >= 0.6 is 11.5 Å². The monoisotopic (exact) mass is 284 g/mol. The lowest BCUT2D eigenvalue weighted by Gasteiger charge is -2.14. The average molecular weight is 284 g/mol. The minimum atomic E-state index is 0.747.